The second kappa shape index (κ2) is 5.38. The lowest BCUT2D eigenvalue weighted by Gasteiger charge is -2.17. The van der Waals surface area contributed by atoms with Gasteiger partial charge in [0.1, 0.15) is 5.82 Å². The van der Waals surface area contributed by atoms with Crippen LogP contribution in [0.1, 0.15) is 23.7 Å². The van der Waals surface area contributed by atoms with Gasteiger partial charge in [0.25, 0.3) is 5.56 Å². The SMILES string of the molecule is CC(c1cccs1)n1c(CCl)nc2ccccc2c1=O. The summed E-state index contributed by atoms with van der Waals surface area (Å²) in [5, 5.41) is 2.64. The van der Waals surface area contributed by atoms with Crippen molar-refractivity contribution in [1.82, 2.24) is 9.55 Å². The van der Waals surface area contributed by atoms with E-state index in [0.717, 1.165) is 4.88 Å². The standard InChI is InChI=1S/C15H13ClN2OS/c1-10(13-7-4-8-20-13)18-14(9-16)17-12-6-3-2-5-11(12)15(18)19/h2-8,10H,9H2,1H3. The molecule has 0 N–H and O–H groups in total. The predicted molar refractivity (Wildman–Crippen MR) is 83.7 cm³/mol. The molecule has 5 heteroatoms. The molecule has 1 unspecified atom stereocenters. The van der Waals surface area contributed by atoms with Crippen molar-refractivity contribution < 1.29 is 0 Å². The Kier molecular flexibility index (Phi) is 3.59. The maximum Gasteiger partial charge on any atom is 0.262 e. The third-order valence-electron chi connectivity index (χ3n) is 3.34. The van der Waals surface area contributed by atoms with E-state index in [1.54, 1.807) is 22.0 Å². The van der Waals surface area contributed by atoms with Gasteiger partial charge in [-0.25, -0.2) is 4.98 Å². The van der Waals surface area contributed by atoms with Crippen LogP contribution in [0.2, 0.25) is 0 Å². The number of rotatable bonds is 3. The van der Waals surface area contributed by atoms with Crippen molar-refractivity contribution in [3.63, 3.8) is 0 Å². The lowest BCUT2D eigenvalue weighted by atomic mass is 10.2. The van der Waals surface area contributed by atoms with Crippen molar-refractivity contribution in [1.29, 1.82) is 0 Å². The second-order valence-electron chi connectivity index (χ2n) is 4.55. The Balaban J connectivity index is 2.28. The molecule has 0 saturated heterocycles. The molecule has 0 saturated carbocycles. The first kappa shape index (κ1) is 13.3. The monoisotopic (exact) mass is 304 g/mol. The maximum atomic E-state index is 12.7. The fourth-order valence-electron chi connectivity index (χ4n) is 2.34. The van der Waals surface area contributed by atoms with Gasteiger partial charge in [0.15, 0.2) is 0 Å². The Labute approximate surface area is 125 Å². The zero-order valence-electron chi connectivity index (χ0n) is 10.9. The molecule has 0 fully saturated rings. The number of hydrogen-bond donors (Lipinski definition) is 0. The molecule has 1 aromatic carbocycles. The average molecular weight is 305 g/mol. The number of para-hydroxylation sites is 1. The first-order chi connectivity index (χ1) is 9.72. The van der Waals surface area contributed by atoms with Gasteiger partial charge in [-0.05, 0) is 30.5 Å². The topological polar surface area (TPSA) is 34.9 Å². The van der Waals surface area contributed by atoms with Crippen LogP contribution in [0.4, 0.5) is 0 Å². The molecule has 2 heterocycles. The molecule has 0 aliphatic carbocycles. The van der Waals surface area contributed by atoms with Gasteiger partial charge in [-0.15, -0.1) is 22.9 Å². The van der Waals surface area contributed by atoms with Gasteiger partial charge in [0.05, 0.1) is 22.8 Å². The minimum Gasteiger partial charge on any atom is -0.287 e. The Morgan fingerprint density at radius 2 is 2.10 bits per heavy atom. The molecule has 1 atom stereocenters. The van der Waals surface area contributed by atoms with Gasteiger partial charge in [-0.2, -0.15) is 0 Å². The van der Waals surface area contributed by atoms with E-state index in [2.05, 4.69) is 4.98 Å². The Morgan fingerprint density at radius 3 is 2.80 bits per heavy atom. The molecule has 0 aliphatic rings. The Bertz CT molecular complexity index is 795. The molecule has 102 valence electrons. The highest BCUT2D eigenvalue weighted by Gasteiger charge is 2.17. The van der Waals surface area contributed by atoms with E-state index in [4.69, 9.17) is 11.6 Å². The maximum absolute atomic E-state index is 12.7. The molecule has 2 aromatic heterocycles. The molecule has 0 aliphatic heterocycles. The number of benzene rings is 1. The minimum atomic E-state index is -0.0617. The average Bonchev–Trinajstić information content (AvgIpc) is 3.00. The lowest BCUT2D eigenvalue weighted by Crippen LogP contribution is -2.27. The molecule has 0 amide bonds. The van der Waals surface area contributed by atoms with E-state index in [1.165, 1.54) is 0 Å². The normalized spacial score (nSPS) is 12.7. The van der Waals surface area contributed by atoms with E-state index in [9.17, 15) is 4.79 Å². The summed E-state index contributed by atoms with van der Waals surface area (Å²) in [4.78, 5) is 18.4. The summed E-state index contributed by atoms with van der Waals surface area (Å²) in [7, 11) is 0. The van der Waals surface area contributed by atoms with Crippen LogP contribution in [-0.2, 0) is 5.88 Å². The number of halogens is 1. The van der Waals surface area contributed by atoms with Gasteiger partial charge in [0, 0.05) is 4.88 Å². The highest BCUT2D eigenvalue weighted by atomic mass is 35.5. The van der Waals surface area contributed by atoms with Crippen molar-refractivity contribution in [3.8, 4) is 0 Å². The van der Waals surface area contributed by atoms with Crippen LogP contribution < -0.4 is 5.56 Å². The third kappa shape index (κ3) is 2.15. The van der Waals surface area contributed by atoms with Crippen molar-refractivity contribution in [2.45, 2.75) is 18.8 Å². The molecular formula is C15H13ClN2OS. The van der Waals surface area contributed by atoms with Crippen LogP contribution in [0.15, 0.2) is 46.6 Å². The van der Waals surface area contributed by atoms with E-state index in [-0.39, 0.29) is 17.5 Å². The molecule has 20 heavy (non-hydrogen) atoms. The first-order valence-electron chi connectivity index (χ1n) is 6.32. The van der Waals surface area contributed by atoms with E-state index < -0.39 is 0 Å². The molecular weight excluding hydrogens is 292 g/mol. The Hall–Kier alpha value is -1.65. The summed E-state index contributed by atoms with van der Waals surface area (Å²) in [5.74, 6) is 0.826. The highest BCUT2D eigenvalue weighted by molar-refractivity contribution is 7.10. The van der Waals surface area contributed by atoms with Crippen LogP contribution in [0.25, 0.3) is 10.9 Å². The molecule has 0 spiro atoms. The van der Waals surface area contributed by atoms with E-state index in [1.807, 2.05) is 42.6 Å². The largest absolute Gasteiger partial charge is 0.287 e. The van der Waals surface area contributed by atoms with Gasteiger partial charge in [0.2, 0.25) is 0 Å². The summed E-state index contributed by atoms with van der Waals surface area (Å²) < 4.78 is 1.70. The van der Waals surface area contributed by atoms with Crippen molar-refractivity contribution >= 4 is 33.8 Å². The lowest BCUT2D eigenvalue weighted by molar-refractivity contribution is 0.593. The molecule has 0 bridgehead atoms. The number of nitrogens with zero attached hydrogens (tertiary/aromatic N) is 2. The molecule has 3 nitrogen and oxygen atoms in total. The summed E-state index contributed by atoms with van der Waals surface area (Å²) in [6.45, 7) is 2.00. The van der Waals surface area contributed by atoms with E-state index in [0.29, 0.717) is 16.7 Å². The quantitative estimate of drug-likeness (QED) is 0.690. The fraction of sp³-hybridized carbons (Fsp3) is 0.200. The van der Waals surface area contributed by atoms with Gasteiger partial charge < -0.3 is 0 Å². The highest BCUT2D eigenvalue weighted by Crippen LogP contribution is 2.23. The van der Waals surface area contributed by atoms with Gasteiger partial charge in [-0.1, -0.05) is 18.2 Å². The minimum absolute atomic E-state index is 0.0350. The molecule has 0 radical (unpaired) electrons. The number of alkyl halides is 1. The fourth-order valence-corrected chi connectivity index (χ4v) is 3.30. The zero-order valence-corrected chi connectivity index (χ0v) is 12.5. The molecule has 3 aromatic rings. The molecule has 3 rings (SSSR count). The summed E-state index contributed by atoms with van der Waals surface area (Å²) in [6, 6.07) is 11.3. The number of hydrogen-bond acceptors (Lipinski definition) is 3. The summed E-state index contributed by atoms with van der Waals surface area (Å²) in [6.07, 6.45) is 0. The third-order valence-corrected chi connectivity index (χ3v) is 4.62. The number of thiophene rings is 1. The summed E-state index contributed by atoms with van der Waals surface area (Å²) in [5.41, 5.74) is 0.662. The second-order valence-corrected chi connectivity index (χ2v) is 5.79. The van der Waals surface area contributed by atoms with E-state index >= 15 is 0 Å². The van der Waals surface area contributed by atoms with Crippen LogP contribution in [0, 0.1) is 0 Å². The van der Waals surface area contributed by atoms with Crippen LogP contribution >= 0.6 is 22.9 Å². The van der Waals surface area contributed by atoms with Gasteiger partial charge in [-0.3, -0.25) is 9.36 Å². The van der Waals surface area contributed by atoms with Crippen LogP contribution in [0.3, 0.4) is 0 Å². The first-order valence-corrected chi connectivity index (χ1v) is 7.73. The summed E-state index contributed by atoms with van der Waals surface area (Å²) >= 11 is 7.62. The van der Waals surface area contributed by atoms with Crippen LogP contribution in [-0.4, -0.2) is 9.55 Å². The van der Waals surface area contributed by atoms with Crippen molar-refractivity contribution in [3.05, 3.63) is 62.8 Å². The zero-order chi connectivity index (χ0) is 14.1. The number of aromatic nitrogens is 2. The smallest absolute Gasteiger partial charge is 0.262 e. The Morgan fingerprint density at radius 1 is 1.30 bits per heavy atom. The van der Waals surface area contributed by atoms with Crippen molar-refractivity contribution in [2.75, 3.05) is 0 Å². The number of fused-ring (bicyclic) bond motifs is 1. The van der Waals surface area contributed by atoms with Crippen molar-refractivity contribution in [2.24, 2.45) is 0 Å². The predicted octanol–water partition coefficient (Wildman–Crippen LogP) is 3.81. The van der Waals surface area contributed by atoms with Gasteiger partial charge >= 0.3 is 0 Å². The van der Waals surface area contributed by atoms with Crippen LogP contribution in [0.5, 0.6) is 0 Å².